The van der Waals surface area contributed by atoms with Crippen LogP contribution in [0.25, 0.3) is 0 Å². The van der Waals surface area contributed by atoms with Crippen molar-refractivity contribution in [2.24, 2.45) is 0 Å². The summed E-state index contributed by atoms with van der Waals surface area (Å²) in [5.41, 5.74) is 1.31. The molecule has 100 valence electrons. The predicted molar refractivity (Wildman–Crippen MR) is 72.7 cm³/mol. The van der Waals surface area contributed by atoms with E-state index in [1.54, 1.807) is 0 Å². The van der Waals surface area contributed by atoms with Crippen LogP contribution in [-0.4, -0.2) is 55.8 Å². The van der Waals surface area contributed by atoms with Crippen LogP contribution in [0.3, 0.4) is 0 Å². The number of pyridine rings is 1. The van der Waals surface area contributed by atoms with Crippen molar-refractivity contribution >= 4 is 0 Å². The van der Waals surface area contributed by atoms with Crippen LogP contribution in [0.4, 0.5) is 0 Å². The molecular formula is C14H23N3O. The van der Waals surface area contributed by atoms with Crippen LogP contribution < -0.4 is 5.32 Å². The number of morpholine rings is 1. The molecule has 0 aliphatic carbocycles. The molecule has 1 aromatic rings. The Morgan fingerprint density at radius 1 is 1.50 bits per heavy atom. The summed E-state index contributed by atoms with van der Waals surface area (Å²) in [6.45, 7) is 5.01. The second-order valence-corrected chi connectivity index (χ2v) is 4.90. The minimum Gasteiger partial charge on any atom is -0.376 e. The third kappa shape index (κ3) is 4.72. The van der Waals surface area contributed by atoms with Crippen LogP contribution in [0.1, 0.15) is 12.0 Å². The third-order valence-corrected chi connectivity index (χ3v) is 3.34. The van der Waals surface area contributed by atoms with E-state index < -0.39 is 0 Å². The maximum absolute atomic E-state index is 5.69. The van der Waals surface area contributed by atoms with Crippen molar-refractivity contribution in [3.8, 4) is 0 Å². The summed E-state index contributed by atoms with van der Waals surface area (Å²) in [5.74, 6) is 0. The normalized spacial score (nSPS) is 20.2. The number of hydrogen-bond acceptors (Lipinski definition) is 4. The molecule has 0 spiro atoms. The van der Waals surface area contributed by atoms with Gasteiger partial charge in [0.05, 0.1) is 12.7 Å². The van der Waals surface area contributed by atoms with E-state index in [9.17, 15) is 0 Å². The Morgan fingerprint density at radius 2 is 2.44 bits per heavy atom. The van der Waals surface area contributed by atoms with Crippen molar-refractivity contribution in [2.75, 3.05) is 39.8 Å². The first kappa shape index (κ1) is 13.5. The SMILES string of the molecule is CN(CCc1cccnc1)CCC1CNCCO1. The highest BCUT2D eigenvalue weighted by atomic mass is 16.5. The Labute approximate surface area is 109 Å². The summed E-state index contributed by atoms with van der Waals surface area (Å²) in [7, 11) is 2.17. The van der Waals surface area contributed by atoms with Crippen LogP contribution in [-0.2, 0) is 11.2 Å². The molecule has 2 rings (SSSR count). The number of nitrogens with zero attached hydrogens (tertiary/aromatic N) is 2. The zero-order valence-electron chi connectivity index (χ0n) is 11.1. The third-order valence-electron chi connectivity index (χ3n) is 3.34. The quantitative estimate of drug-likeness (QED) is 0.814. The highest BCUT2D eigenvalue weighted by molar-refractivity contribution is 5.08. The molecule has 2 heterocycles. The van der Waals surface area contributed by atoms with Crippen molar-refractivity contribution in [2.45, 2.75) is 18.9 Å². The lowest BCUT2D eigenvalue weighted by Gasteiger charge is -2.25. The minimum atomic E-state index is 0.389. The lowest BCUT2D eigenvalue weighted by atomic mass is 10.2. The largest absolute Gasteiger partial charge is 0.376 e. The lowest BCUT2D eigenvalue weighted by Crippen LogP contribution is -2.40. The number of nitrogens with one attached hydrogen (secondary N) is 1. The summed E-state index contributed by atoms with van der Waals surface area (Å²) in [4.78, 5) is 6.50. The molecule has 18 heavy (non-hydrogen) atoms. The summed E-state index contributed by atoms with van der Waals surface area (Å²) in [5, 5.41) is 3.36. The minimum absolute atomic E-state index is 0.389. The van der Waals surface area contributed by atoms with Crippen LogP contribution in [0.5, 0.6) is 0 Å². The maximum Gasteiger partial charge on any atom is 0.0712 e. The Kier molecular flexibility index (Phi) is 5.58. The number of ether oxygens (including phenoxy) is 1. The van der Waals surface area contributed by atoms with Crippen molar-refractivity contribution in [3.63, 3.8) is 0 Å². The summed E-state index contributed by atoms with van der Waals surface area (Å²) < 4.78 is 5.69. The van der Waals surface area contributed by atoms with Gasteiger partial charge in [0.1, 0.15) is 0 Å². The average Bonchev–Trinajstić information content (AvgIpc) is 2.45. The van der Waals surface area contributed by atoms with Gasteiger partial charge >= 0.3 is 0 Å². The molecule has 1 N–H and O–H groups in total. The molecular weight excluding hydrogens is 226 g/mol. The van der Waals surface area contributed by atoms with E-state index in [0.29, 0.717) is 6.10 Å². The topological polar surface area (TPSA) is 37.4 Å². The van der Waals surface area contributed by atoms with Crippen molar-refractivity contribution in [1.29, 1.82) is 0 Å². The van der Waals surface area contributed by atoms with Crippen molar-refractivity contribution in [3.05, 3.63) is 30.1 Å². The summed E-state index contributed by atoms with van der Waals surface area (Å²) >= 11 is 0. The summed E-state index contributed by atoms with van der Waals surface area (Å²) in [6.07, 6.45) is 6.33. The van der Waals surface area contributed by atoms with Gasteiger partial charge in [-0.15, -0.1) is 0 Å². The second kappa shape index (κ2) is 7.46. The van der Waals surface area contributed by atoms with E-state index in [0.717, 1.165) is 45.6 Å². The Hall–Kier alpha value is -0.970. The van der Waals surface area contributed by atoms with Gasteiger partial charge in [-0.05, 0) is 31.5 Å². The molecule has 0 radical (unpaired) electrons. The van der Waals surface area contributed by atoms with Crippen LogP contribution >= 0.6 is 0 Å². The van der Waals surface area contributed by atoms with Crippen LogP contribution in [0, 0.1) is 0 Å². The van der Waals surface area contributed by atoms with Gasteiger partial charge in [-0.2, -0.15) is 0 Å². The molecule has 4 heteroatoms. The Morgan fingerprint density at radius 3 is 3.17 bits per heavy atom. The molecule has 1 aliphatic heterocycles. The molecule has 1 aromatic heterocycles. The number of aromatic nitrogens is 1. The highest BCUT2D eigenvalue weighted by Gasteiger charge is 2.13. The Balaban J connectivity index is 1.61. The van der Waals surface area contributed by atoms with Gasteiger partial charge in [-0.3, -0.25) is 4.98 Å². The molecule has 1 fully saturated rings. The van der Waals surface area contributed by atoms with Gasteiger partial charge in [0.15, 0.2) is 0 Å². The average molecular weight is 249 g/mol. The first-order valence-electron chi connectivity index (χ1n) is 6.74. The lowest BCUT2D eigenvalue weighted by molar-refractivity contribution is 0.0188. The summed E-state index contributed by atoms with van der Waals surface area (Å²) in [6, 6.07) is 4.13. The smallest absolute Gasteiger partial charge is 0.0712 e. The molecule has 1 aliphatic rings. The van der Waals surface area contributed by atoms with E-state index in [1.165, 1.54) is 5.56 Å². The van der Waals surface area contributed by atoms with Gasteiger partial charge in [0.25, 0.3) is 0 Å². The fourth-order valence-corrected chi connectivity index (χ4v) is 2.15. The van der Waals surface area contributed by atoms with Crippen LogP contribution in [0.15, 0.2) is 24.5 Å². The molecule has 1 saturated heterocycles. The fourth-order valence-electron chi connectivity index (χ4n) is 2.15. The van der Waals surface area contributed by atoms with Crippen molar-refractivity contribution in [1.82, 2.24) is 15.2 Å². The number of hydrogen-bond donors (Lipinski definition) is 1. The molecule has 0 amide bonds. The van der Waals surface area contributed by atoms with Gasteiger partial charge in [0.2, 0.25) is 0 Å². The monoisotopic (exact) mass is 249 g/mol. The first-order chi connectivity index (χ1) is 8.84. The number of rotatable bonds is 6. The zero-order chi connectivity index (χ0) is 12.6. The van der Waals surface area contributed by atoms with E-state index in [-0.39, 0.29) is 0 Å². The second-order valence-electron chi connectivity index (χ2n) is 4.90. The zero-order valence-corrected chi connectivity index (χ0v) is 11.1. The van der Waals surface area contributed by atoms with Crippen LogP contribution in [0.2, 0.25) is 0 Å². The molecule has 0 aromatic carbocycles. The van der Waals surface area contributed by atoms with Gasteiger partial charge in [0, 0.05) is 38.6 Å². The number of likely N-dealkylation sites (N-methyl/N-ethyl adjacent to an activating group) is 1. The van der Waals surface area contributed by atoms with E-state index in [1.807, 2.05) is 18.5 Å². The predicted octanol–water partition coefficient (Wildman–Crippen LogP) is 0.934. The highest BCUT2D eigenvalue weighted by Crippen LogP contribution is 2.04. The first-order valence-corrected chi connectivity index (χ1v) is 6.74. The molecule has 1 atom stereocenters. The maximum atomic E-state index is 5.69. The van der Waals surface area contributed by atoms with Gasteiger partial charge in [-0.1, -0.05) is 6.07 Å². The molecule has 4 nitrogen and oxygen atoms in total. The standard InChI is InChI=1S/C14H23N3O/c1-17(8-4-13-3-2-6-15-11-13)9-5-14-12-16-7-10-18-14/h2-3,6,11,14,16H,4-5,7-10,12H2,1H3. The van der Waals surface area contributed by atoms with E-state index in [2.05, 4.69) is 28.3 Å². The van der Waals surface area contributed by atoms with Crippen molar-refractivity contribution < 1.29 is 4.74 Å². The fraction of sp³-hybridized carbons (Fsp3) is 0.643. The Bertz CT molecular complexity index is 325. The van der Waals surface area contributed by atoms with E-state index in [4.69, 9.17) is 4.74 Å². The molecule has 0 saturated carbocycles. The van der Waals surface area contributed by atoms with Gasteiger partial charge in [-0.25, -0.2) is 0 Å². The van der Waals surface area contributed by atoms with Gasteiger partial charge < -0.3 is 15.0 Å². The molecule has 1 unspecified atom stereocenters. The van der Waals surface area contributed by atoms with E-state index >= 15 is 0 Å². The molecule has 0 bridgehead atoms.